The summed E-state index contributed by atoms with van der Waals surface area (Å²) >= 11 is 0. The Morgan fingerprint density at radius 1 is 1.12 bits per heavy atom. The highest BCUT2D eigenvalue weighted by atomic mass is 16.4. The summed E-state index contributed by atoms with van der Waals surface area (Å²) in [6.07, 6.45) is 1.48. The van der Waals surface area contributed by atoms with E-state index in [9.17, 15) is 14.7 Å². The van der Waals surface area contributed by atoms with E-state index in [1.165, 1.54) is 0 Å². The van der Waals surface area contributed by atoms with Gasteiger partial charge in [0.1, 0.15) is 0 Å². The van der Waals surface area contributed by atoms with Gasteiger partial charge in [-0.1, -0.05) is 37.3 Å². The summed E-state index contributed by atoms with van der Waals surface area (Å²) in [4.78, 5) is 28.2. The van der Waals surface area contributed by atoms with Crippen LogP contribution in [0.1, 0.15) is 35.7 Å². The standard InChI is InChI=1S/C20H21N3O3/c1-2-13-23-17-10-6-5-9-16(17)21-20(23)22-18(24)12-11-14-7-3-4-8-15(14)19(25)26/h3-10H,2,11-13H2,1H3,(H,25,26)(H,21,22,24). The number of aromatic nitrogens is 2. The highest BCUT2D eigenvalue weighted by Gasteiger charge is 2.14. The first kappa shape index (κ1) is 17.7. The van der Waals surface area contributed by atoms with E-state index < -0.39 is 5.97 Å². The second kappa shape index (κ2) is 7.82. The minimum atomic E-state index is -0.981. The molecule has 1 amide bonds. The number of para-hydroxylation sites is 2. The maximum absolute atomic E-state index is 12.4. The fourth-order valence-electron chi connectivity index (χ4n) is 3.00. The fourth-order valence-corrected chi connectivity index (χ4v) is 3.00. The third-order valence-corrected chi connectivity index (χ3v) is 4.22. The van der Waals surface area contributed by atoms with Crippen LogP contribution in [0.25, 0.3) is 11.0 Å². The Kier molecular flexibility index (Phi) is 5.31. The number of hydrogen-bond donors (Lipinski definition) is 2. The highest BCUT2D eigenvalue weighted by molar-refractivity contribution is 5.92. The summed E-state index contributed by atoms with van der Waals surface area (Å²) in [5.41, 5.74) is 2.71. The molecule has 0 bridgehead atoms. The molecule has 6 heteroatoms. The molecule has 0 atom stereocenters. The van der Waals surface area contributed by atoms with Crippen LogP contribution in [0, 0.1) is 0 Å². The van der Waals surface area contributed by atoms with Gasteiger partial charge in [-0.2, -0.15) is 0 Å². The average Bonchev–Trinajstić information content (AvgIpc) is 2.98. The lowest BCUT2D eigenvalue weighted by molar-refractivity contribution is -0.116. The topological polar surface area (TPSA) is 84.2 Å². The molecule has 134 valence electrons. The van der Waals surface area contributed by atoms with Gasteiger partial charge in [-0.3, -0.25) is 10.1 Å². The van der Waals surface area contributed by atoms with Gasteiger partial charge >= 0.3 is 5.97 Å². The summed E-state index contributed by atoms with van der Waals surface area (Å²) in [5.74, 6) is -0.631. The van der Waals surface area contributed by atoms with E-state index in [1.54, 1.807) is 24.3 Å². The van der Waals surface area contributed by atoms with E-state index >= 15 is 0 Å². The average molecular weight is 351 g/mol. The third-order valence-electron chi connectivity index (χ3n) is 4.22. The molecule has 2 aromatic carbocycles. The zero-order valence-corrected chi connectivity index (χ0v) is 14.6. The van der Waals surface area contributed by atoms with Gasteiger partial charge < -0.3 is 9.67 Å². The summed E-state index contributed by atoms with van der Waals surface area (Å²) in [6.45, 7) is 2.83. The number of aryl methyl sites for hydroxylation is 2. The molecule has 26 heavy (non-hydrogen) atoms. The lowest BCUT2D eigenvalue weighted by atomic mass is 10.0. The van der Waals surface area contributed by atoms with Gasteiger partial charge in [-0.25, -0.2) is 9.78 Å². The summed E-state index contributed by atoms with van der Waals surface area (Å²) in [5, 5.41) is 12.1. The molecule has 0 saturated heterocycles. The predicted molar refractivity (Wildman–Crippen MR) is 100 cm³/mol. The monoisotopic (exact) mass is 351 g/mol. The number of benzene rings is 2. The normalized spacial score (nSPS) is 10.8. The number of amides is 1. The zero-order valence-electron chi connectivity index (χ0n) is 14.6. The van der Waals surface area contributed by atoms with Crippen molar-refractivity contribution in [2.24, 2.45) is 0 Å². The Labute approximate surface area is 151 Å². The van der Waals surface area contributed by atoms with Crippen LogP contribution < -0.4 is 5.32 Å². The largest absolute Gasteiger partial charge is 0.478 e. The Hall–Kier alpha value is -3.15. The van der Waals surface area contributed by atoms with Crippen LogP contribution >= 0.6 is 0 Å². The number of carbonyl (C=O) groups is 2. The molecule has 1 heterocycles. The summed E-state index contributed by atoms with van der Waals surface area (Å²) in [6, 6.07) is 14.5. The molecule has 0 aliphatic heterocycles. The number of hydrogen-bond acceptors (Lipinski definition) is 3. The Morgan fingerprint density at radius 2 is 1.85 bits per heavy atom. The number of carboxylic acid groups (broad SMARTS) is 1. The number of carbonyl (C=O) groups excluding carboxylic acids is 1. The van der Waals surface area contributed by atoms with Crippen LogP contribution in [-0.4, -0.2) is 26.5 Å². The van der Waals surface area contributed by atoms with E-state index in [2.05, 4.69) is 17.2 Å². The van der Waals surface area contributed by atoms with Crippen LogP contribution in [0.4, 0.5) is 5.95 Å². The van der Waals surface area contributed by atoms with Crippen molar-refractivity contribution in [3.05, 3.63) is 59.7 Å². The van der Waals surface area contributed by atoms with Crippen LogP contribution in [0.15, 0.2) is 48.5 Å². The minimum Gasteiger partial charge on any atom is -0.478 e. The molecule has 0 aliphatic carbocycles. The Balaban J connectivity index is 1.74. The van der Waals surface area contributed by atoms with E-state index in [4.69, 9.17) is 0 Å². The molecule has 3 rings (SSSR count). The summed E-state index contributed by atoms with van der Waals surface area (Å²) in [7, 11) is 0. The van der Waals surface area contributed by atoms with Crippen LogP contribution in [-0.2, 0) is 17.8 Å². The number of anilines is 1. The smallest absolute Gasteiger partial charge is 0.335 e. The Morgan fingerprint density at radius 3 is 2.62 bits per heavy atom. The highest BCUT2D eigenvalue weighted by Crippen LogP contribution is 2.20. The SMILES string of the molecule is CCCn1c(NC(=O)CCc2ccccc2C(=O)O)nc2ccccc21. The van der Waals surface area contributed by atoms with Gasteiger partial charge in [0, 0.05) is 13.0 Å². The fraction of sp³-hybridized carbons (Fsp3) is 0.250. The van der Waals surface area contributed by atoms with Crippen molar-refractivity contribution in [2.45, 2.75) is 32.7 Å². The van der Waals surface area contributed by atoms with Crippen molar-refractivity contribution in [3.8, 4) is 0 Å². The molecular formula is C20H21N3O3. The molecule has 0 aliphatic rings. The van der Waals surface area contributed by atoms with E-state index in [0.29, 0.717) is 17.9 Å². The van der Waals surface area contributed by atoms with Crippen molar-refractivity contribution in [3.63, 3.8) is 0 Å². The number of imidazole rings is 1. The van der Waals surface area contributed by atoms with Gasteiger partial charge in [-0.05, 0) is 36.6 Å². The number of rotatable bonds is 7. The van der Waals surface area contributed by atoms with Gasteiger partial charge in [0.2, 0.25) is 11.9 Å². The summed E-state index contributed by atoms with van der Waals surface area (Å²) < 4.78 is 2.00. The van der Waals surface area contributed by atoms with Gasteiger partial charge in [0.05, 0.1) is 16.6 Å². The number of fused-ring (bicyclic) bond motifs is 1. The minimum absolute atomic E-state index is 0.183. The van der Waals surface area contributed by atoms with Crippen molar-refractivity contribution in [2.75, 3.05) is 5.32 Å². The lowest BCUT2D eigenvalue weighted by Crippen LogP contribution is -2.17. The maximum Gasteiger partial charge on any atom is 0.335 e. The van der Waals surface area contributed by atoms with Crippen LogP contribution in [0.2, 0.25) is 0 Å². The van der Waals surface area contributed by atoms with E-state index in [-0.39, 0.29) is 17.9 Å². The molecule has 0 saturated carbocycles. The predicted octanol–water partition coefficient (Wildman–Crippen LogP) is 3.72. The molecular weight excluding hydrogens is 330 g/mol. The molecule has 6 nitrogen and oxygen atoms in total. The number of nitrogens with one attached hydrogen (secondary N) is 1. The van der Waals surface area contributed by atoms with Gasteiger partial charge in [0.15, 0.2) is 0 Å². The molecule has 0 radical (unpaired) electrons. The van der Waals surface area contributed by atoms with Crippen molar-refractivity contribution >= 4 is 28.9 Å². The van der Waals surface area contributed by atoms with Crippen molar-refractivity contribution < 1.29 is 14.7 Å². The first-order valence-electron chi connectivity index (χ1n) is 8.66. The van der Waals surface area contributed by atoms with Crippen LogP contribution in [0.3, 0.4) is 0 Å². The Bertz CT molecular complexity index is 946. The van der Waals surface area contributed by atoms with Crippen molar-refractivity contribution in [1.82, 2.24) is 9.55 Å². The zero-order chi connectivity index (χ0) is 18.5. The second-order valence-corrected chi connectivity index (χ2v) is 6.09. The number of nitrogens with zero attached hydrogens (tertiary/aromatic N) is 2. The van der Waals surface area contributed by atoms with E-state index in [0.717, 1.165) is 24.0 Å². The first-order valence-corrected chi connectivity index (χ1v) is 8.66. The quantitative estimate of drug-likeness (QED) is 0.679. The maximum atomic E-state index is 12.4. The lowest BCUT2D eigenvalue weighted by Gasteiger charge is -2.09. The number of aromatic carboxylic acids is 1. The number of carboxylic acids is 1. The third kappa shape index (κ3) is 3.74. The molecule has 2 N–H and O–H groups in total. The first-order chi connectivity index (χ1) is 12.6. The van der Waals surface area contributed by atoms with Gasteiger partial charge in [0.25, 0.3) is 0 Å². The molecule has 1 aromatic heterocycles. The molecule has 3 aromatic rings. The molecule has 0 spiro atoms. The van der Waals surface area contributed by atoms with Gasteiger partial charge in [-0.15, -0.1) is 0 Å². The van der Waals surface area contributed by atoms with E-state index in [1.807, 2.05) is 28.8 Å². The molecule has 0 unspecified atom stereocenters. The van der Waals surface area contributed by atoms with Crippen molar-refractivity contribution in [1.29, 1.82) is 0 Å². The molecule has 0 fully saturated rings. The van der Waals surface area contributed by atoms with Crippen LogP contribution in [0.5, 0.6) is 0 Å². The second-order valence-electron chi connectivity index (χ2n) is 6.09.